The summed E-state index contributed by atoms with van der Waals surface area (Å²) < 4.78 is 0. The zero-order chi connectivity index (χ0) is 15.9. The van der Waals surface area contributed by atoms with Crippen LogP contribution >= 0.6 is 0 Å². The van der Waals surface area contributed by atoms with Crippen LogP contribution < -0.4 is 10.9 Å². The molecule has 0 bridgehead atoms. The van der Waals surface area contributed by atoms with Crippen LogP contribution in [0.3, 0.4) is 0 Å². The minimum absolute atomic E-state index is 0.0935. The molecule has 0 aliphatic rings. The molecule has 5 nitrogen and oxygen atoms in total. The Bertz CT molecular complexity index is 603. The van der Waals surface area contributed by atoms with Crippen molar-refractivity contribution in [2.45, 2.75) is 45.1 Å². The number of aliphatic hydroxyl groups excluding tert-OH is 1. The van der Waals surface area contributed by atoms with E-state index in [-0.39, 0.29) is 18.4 Å². The summed E-state index contributed by atoms with van der Waals surface area (Å²) >= 11 is 0. The minimum atomic E-state index is 0.0935. The second-order valence-electron chi connectivity index (χ2n) is 5.60. The summed E-state index contributed by atoms with van der Waals surface area (Å²) in [5.74, 6) is 6.53. The van der Waals surface area contributed by atoms with E-state index in [0.29, 0.717) is 11.9 Å². The lowest BCUT2D eigenvalue weighted by Crippen LogP contribution is -2.42. The first-order valence-corrected chi connectivity index (χ1v) is 7.90. The van der Waals surface area contributed by atoms with Crippen molar-refractivity contribution < 1.29 is 10.2 Å². The number of hydrogen-bond acceptors (Lipinski definition) is 5. The maximum absolute atomic E-state index is 9.58. The Morgan fingerprint density at radius 3 is 2.77 bits per heavy atom. The monoisotopic (exact) mass is 303 g/mol. The highest BCUT2D eigenvalue weighted by Gasteiger charge is 2.17. The molecule has 0 fully saturated rings. The van der Waals surface area contributed by atoms with Crippen LogP contribution in [0.2, 0.25) is 0 Å². The highest BCUT2D eigenvalue weighted by Crippen LogP contribution is 2.28. The quantitative estimate of drug-likeness (QED) is 0.397. The fourth-order valence-corrected chi connectivity index (χ4v) is 2.74. The van der Waals surface area contributed by atoms with Gasteiger partial charge in [0, 0.05) is 30.3 Å². The van der Waals surface area contributed by atoms with Crippen molar-refractivity contribution in [1.29, 1.82) is 0 Å². The predicted molar refractivity (Wildman–Crippen MR) is 89.7 cm³/mol. The van der Waals surface area contributed by atoms with E-state index >= 15 is 0 Å². The molecular weight excluding hydrogens is 278 g/mol. The van der Waals surface area contributed by atoms with Crippen LogP contribution in [-0.2, 0) is 0 Å². The number of unbranched alkanes of at least 4 members (excludes halogenated alkanes) is 2. The molecular formula is C17H25N3O2. The topological polar surface area (TPSA) is 82.6 Å². The third-order valence-corrected chi connectivity index (χ3v) is 3.98. The second-order valence-corrected chi connectivity index (χ2v) is 5.60. The zero-order valence-corrected chi connectivity index (χ0v) is 13.1. The van der Waals surface area contributed by atoms with Crippen molar-refractivity contribution in [1.82, 2.24) is 4.98 Å². The molecule has 0 saturated carbocycles. The van der Waals surface area contributed by atoms with Crippen LogP contribution in [0.4, 0.5) is 5.69 Å². The number of anilines is 1. The molecule has 1 aromatic heterocycles. The summed E-state index contributed by atoms with van der Waals surface area (Å²) in [5, 5.41) is 21.5. The molecule has 0 spiro atoms. The Morgan fingerprint density at radius 1 is 1.23 bits per heavy atom. The average Bonchev–Trinajstić information content (AvgIpc) is 2.52. The molecule has 2 aromatic rings. The van der Waals surface area contributed by atoms with Gasteiger partial charge >= 0.3 is 0 Å². The number of pyridine rings is 1. The van der Waals surface area contributed by atoms with E-state index in [4.69, 9.17) is 5.84 Å². The summed E-state index contributed by atoms with van der Waals surface area (Å²) in [6.45, 7) is 2.29. The number of fused-ring (bicyclic) bond motifs is 1. The van der Waals surface area contributed by atoms with Crippen molar-refractivity contribution in [3.8, 4) is 5.75 Å². The number of hydrogen-bond donors (Lipinski definition) is 3. The lowest BCUT2D eigenvalue weighted by atomic mass is 10.0. The molecule has 1 unspecified atom stereocenters. The molecule has 22 heavy (non-hydrogen) atoms. The number of hydrazine groups is 1. The van der Waals surface area contributed by atoms with Gasteiger partial charge in [0.05, 0.1) is 11.2 Å². The predicted octanol–water partition coefficient (Wildman–Crippen LogP) is 2.95. The van der Waals surface area contributed by atoms with E-state index in [9.17, 15) is 10.2 Å². The average molecular weight is 303 g/mol. The molecule has 1 aromatic carbocycles. The van der Waals surface area contributed by atoms with Gasteiger partial charge in [0.2, 0.25) is 0 Å². The molecule has 1 atom stereocenters. The van der Waals surface area contributed by atoms with E-state index < -0.39 is 0 Å². The van der Waals surface area contributed by atoms with Crippen molar-refractivity contribution in [2.24, 2.45) is 5.84 Å². The number of nitrogens with zero attached hydrogens (tertiary/aromatic N) is 2. The number of phenols is 1. The van der Waals surface area contributed by atoms with Gasteiger partial charge in [0.15, 0.2) is 0 Å². The highest BCUT2D eigenvalue weighted by molar-refractivity contribution is 5.92. The highest BCUT2D eigenvalue weighted by atomic mass is 16.3. The molecule has 2 rings (SSSR count). The second kappa shape index (κ2) is 7.96. The van der Waals surface area contributed by atoms with Crippen molar-refractivity contribution in [3.05, 3.63) is 30.5 Å². The van der Waals surface area contributed by atoms with E-state index in [2.05, 4.69) is 11.9 Å². The molecule has 0 amide bonds. The number of aromatic hydroxyl groups is 1. The number of aliphatic hydroxyl groups is 1. The fourth-order valence-electron chi connectivity index (χ4n) is 2.74. The van der Waals surface area contributed by atoms with Gasteiger partial charge in [0.25, 0.3) is 0 Å². The Labute approximate surface area is 131 Å². The Kier molecular flexibility index (Phi) is 5.98. The number of rotatable bonds is 8. The van der Waals surface area contributed by atoms with Crippen LogP contribution in [0.15, 0.2) is 30.5 Å². The van der Waals surface area contributed by atoms with Crippen molar-refractivity contribution in [2.75, 3.05) is 11.6 Å². The number of aromatic nitrogens is 1. The molecule has 0 aliphatic heterocycles. The molecule has 5 heteroatoms. The number of benzene rings is 1. The third-order valence-electron chi connectivity index (χ3n) is 3.98. The number of nitrogens with two attached hydrogens (primary N) is 1. The van der Waals surface area contributed by atoms with Crippen LogP contribution in [0.1, 0.15) is 39.0 Å². The van der Waals surface area contributed by atoms with Gasteiger partial charge in [-0.25, -0.2) is 5.84 Å². The summed E-state index contributed by atoms with van der Waals surface area (Å²) in [6.07, 6.45) is 6.71. The van der Waals surface area contributed by atoms with Crippen molar-refractivity contribution >= 4 is 16.6 Å². The third kappa shape index (κ3) is 3.87. The van der Waals surface area contributed by atoms with Gasteiger partial charge in [-0.3, -0.25) is 4.98 Å². The molecule has 1 heterocycles. The first-order valence-electron chi connectivity index (χ1n) is 7.90. The Balaban J connectivity index is 2.27. The van der Waals surface area contributed by atoms with Gasteiger partial charge in [-0.1, -0.05) is 26.2 Å². The Morgan fingerprint density at radius 2 is 2.05 bits per heavy atom. The van der Waals surface area contributed by atoms with Crippen LogP contribution in [0.25, 0.3) is 10.9 Å². The standard InChI is InChI=1S/C17H25N3O2/c1-2-3-4-5-13(9-11-21)20(18)17-8-10-19-16-12-14(22)6-7-15(16)17/h6-8,10,12-13,21-22H,2-5,9,11,18H2,1H3. The summed E-state index contributed by atoms with van der Waals surface area (Å²) in [5.41, 5.74) is 1.59. The lowest BCUT2D eigenvalue weighted by Gasteiger charge is -2.30. The largest absolute Gasteiger partial charge is 0.508 e. The first kappa shape index (κ1) is 16.5. The van der Waals surface area contributed by atoms with Gasteiger partial charge in [0.1, 0.15) is 5.75 Å². The molecule has 0 aliphatic carbocycles. The van der Waals surface area contributed by atoms with E-state index in [0.717, 1.165) is 30.3 Å². The summed E-state index contributed by atoms with van der Waals surface area (Å²) in [6, 6.07) is 7.07. The maximum Gasteiger partial charge on any atom is 0.117 e. The lowest BCUT2D eigenvalue weighted by molar-refractivity contribution is 0.268. The Hall–Kier alpha value is -1.85. The van der Waals surface area contributed by atoms with Gasteiger partial charge in [-0.2, -0.15) is 0 Å². The summed E-state index contributed by atoms with van der Waals surface area (Å²) in [4.78, 5) is 4.27. The minimum Gasteiger partial charge on any atom is -0.508 e. The van der Waals surface area contributed by atoms with Gasteiger partial charge in [-0.05, 0) is 31.0 Å². The molecule has 4 N–H and O–H groups in total. The van der Waals surface area contributed by atoms with E-state index in [1.165, 1.54) is 6.42 Å². The van der Waals surface area contributed by atoms with E-state index in [1.54, 1.807) is 23.3 Å². The zero-order valence-electron chi connectivity index (χ0n) is 13.1. The van der Waals surface area contributed by atoms with Crippen LogP contribution in [-0.4, -0.2) is 27.8 Å². The van der Waals surface area contributed by atoms with Gasteiger partial charge < -0.3 is 15.2 Å². The number of phenolic OH excluding ortho intramolecular Hbond substituents is 1. The normalized spacial score (nSPS) is 12.5. The molecule has 0 radical (unpaired) electrons. The summed E-state index contributed by atoms with van der Waals surface area (Å²) in [7, 11) is 0. The van der Waals surface area contributed by atoms with Crippen molar-refractivity contribution in [3.63, 3.8) is 0 Å². The maximum atomic E-state index is 9.58. The molecule has 0 saturated heterocycles. The van der Waals surface area contributed by atoms with Crippen LogP contribution in [0, 0.1) is 0 Å². The smallest absolute Gasteiger partial charge is 0.117 e. The van der Waals surface area contributed by atoms with Crippen LogP contribution in [0.5, 0.6) is 5.75 Å². The van der Waals surface area contributed by atoms with Gasteiger partial charge in [-0.15, -0.1) is 0 Å². The van der Waals surface area contributed by atoms with E-state index in [1.807, 2.05) is 12.1 Å². The fraction of sp³-hybridized carbons (Fsp3) is 0.471. The SMILES string of the molecule is CCCCCC(CCO)N(N)c1ccnc2cc(O)ccc12. The molecule has 120 valence electrons. The first-order chi connectivity index (χ1) is 10.7.